The Hall–Kier alpha value is -1.59. The van der Waals surface area contributed by atoms with Crippen molar-refractivity contribution < 1.29 is 14.3 Å². The first-order chi connectivity index (χ1) is 7.61. The van der Waals surface area contributed by atoms with Crippen LogP contribution in [0.4, 0.5) is 4.79 Å². The zero-order valence-electron chi connectivity index (χ0n) is 11.4. The van der Waals surface area contributed by atoms with Gasteiger partial charge in [-0.25, -0.2) is 9.79 Å². The molecule has 0 aromatic heterocycles. The first kappa shape index (κ1) is 15.4. The fourth-order valence-corrected chi connectivity index (χ4v) is 0.828. The average Bonchev–Trinajstić information content (AvgIpc) is 2.11. The molecule has 6 heteroatoms. The third-order valence-electron chi connectivity index (χ3n) is 1.51. The van der Waals surface area contributed by atoms with E-state index in [0.717, 1.165) is 0 Å². The number of carbonyl (C=O) groups is 2. The van der Waals surface area contributed by atoms with Crippen LogP contribution in [0.5, 0.6) is 0 Å². The minimum Gasteiger partial charge on any atom is -0.444 e. The molecule has 0 spiro atoms. The van der Waals surface area contributed by atoms with E-state index in [-0.39, 0.29) is 6.54 Å². The summed E-state index contributed by atoms with van der Waals surface area (Å²) in [4.78, 5) is 29.4. The normalized spacial score (nSPS) is 11.4. The molecule has 0 N–H and O–H groups in total. The molecule has 0 aromatic rings. The molecule has 0 atom stereocenters. The van der Waals surface area contributed by atoms with Gasteiger partial charge in [0.15, 0.2) is 0 Å². The topological polar surface area (TPSA) is 62.2 Å². The van der Waals surface area contributed by atoms with Crippen LogP contribution in [0, 0.1) is 0 Å². The van der Waals surface area contributed by atoms with E-state index in [0.29, 0.717) is 0 Å². The van der Waals surface area contributed by atoms with Gasteiger partial charge in [0.05, 0.1) is 6.34 Å². The van der Waals surface area contributed by atoms with Crippen molar-refractivity contribution >= 4 is 18.3 Å². The van der Waals surface area contributed by atoms with Gasteiger partial charge in [0.1, 0.15) is 12.1 Å². The second kappa shape index (κ2) is 6.22. The Balaban J connectivity index is 4.22. The van der Waals surface area contributed by atoms with Crippen LogP contribution in [0.3, 0.4) is 0 Å². The number of ether oxygens (including phenoxy) is 1. The third-order valence-corrected chi connectivity index (χ3v) is 1.51. The zero-order valence-corrected chi connectivity index (χ0v) is 11.4. The maximum Gasteiger partial charge on any atom is 0.410 e. The van der Waals surface area contributed by atoms with E-state index >= 15 is 0 Å². The number of amides is 2. The van der Waals surface area contributed by atoms with Gasteiger partial charge < -0.3 is 14.5 Å². The van der Waals surface area contributed by atoms with Crippen LogP contribution < -0.4 is 0 Å². The smallest absolute Gasteiger partial charge is 0.410 e. The van der Waals surface area contributed by atoms with Crippen molar-refractivity contribution in [3.05, 3.63) is 0 Å². The summed E-state index contributed by atoms with van der Waals surface area (Å²) in [5, 5.41) is 0. The molecule has 17 heavy (non-hydrogen) atoms. The Labute approximate surface area is 102 Å². The Morgan fingerprint density at radius 1 is 1.24 bits per heavy atom. The first-order valence-electron chi connectivity index (χ1n) is 5.29. The number of hydrogen-bond donors (Lipinski definition) is 0. The minimum atomic E-state index is -0.568. The quantitative estimate of drug-likeness (QED) is 0.547. The second-order valence-electron chi connectivity index (χ2n) is 4.94. The van der Waals surface area contributed by atoms with Gasteiger partial charge in [-0.15, -0.1) is 0 Å². The molecule has 0 saturated heterocycles. The summed E-state index contributed by atoms with van der Waals surface area (Å²) in [6.07, 6.45) is 0.858. The number of rotatable bonds is 3. The largest absolute Gasteiger partial charge is 0.444 e. The molecule has 0 radical (unpaired) electrons. The molecule has 0 aliphatic rings. The van der Waals surface area contributed by atoms with Crippen molar-refractivity contribution in [2.45, 2.75) is 26.4 Å². The molecule has 98 valence electrons. The molecule has 2 amide bonds. The van der Waals surface area contributed by atoms with Gasteiger partial charge in [0.25, 0.3) is 5.91 Å². The predicted octanol–water partition coefficient (Wildman–Crippen LogP) is 0.970. The Bertz CT molecular complexity index is 306. The van der Waals surface area contributed by atoms with Gasteiger partial charge in [-0.05, 0) is 20.8 Å². The molecule has 0 bridgehead atoms. The lowest BCUT2D eigenvalue weighted by atomic mass is 10.2. The highest BCUT2D eigenvalue weighted by atomic mass is 16.6. The maximum absolute atomic E-state index is 11.5. The summed E-state index contributed by atoms with van der Waals surface area (Å²) >= 11 is 0. The lowest BCUT2D eigenvalue weighted by molar-refractivity contribution is -0.118. The highest BCUT2D eigenvalue weighted by molar-refractivity contribution is 5.87. The number of likely N-dealkylation sites (N-methyl/N-ethyl adjacent to an activating group) is 1. The lowest BCUT2D eigenvalue weighted by Crippen LogP contribution is -2.36. The SMILES string of the molecule is CN(C)/C=N/C(=O)CN(C)C(=O)OC(C)(C)C. The second-order valence-corrected chi connectivity index (χ2v) is 4.94. The van der Waals surface area contributed by atoms with Crippen LogP contribution >= 0.6 is 0 Å². The van der Waals surface area contributed by atoms with E-state index in [1.165, 1.54) is 18.3 Å². The van der Waals surface area contributed by atoms with E-state index in [2.05, 4.69) is 4.99 Å². The fraction of sp³-hybridized carbons (Fsp3) is 0.727. The highest BCUT2D eigenvalue weighted by Crippen LogP contribution is 2.08. The van der Waals surface area contributed by atoms with Gasteiger partial charge in [-0.3, -0.25) is 4.79 Å². The van der Waals surface area contributed by atoms with Gasteiger partial charge in [-0.1, -0.05) is 0 Å². The molecular weight excluding hydrogens is 222 g/mol. The van der Waals surface area contributed by atoms with Crippen molar-refractivity contribution in [3.8, 4) is 0 Å². The van der Waals surface area contributed by atoms with Crippen LogP contribution in [0.25, 0.3) is 0 Å². The summed E-state index contributed by atoms with van der Waals surface area (Å²) in [5.41, 5.74) is -0.568. The summed E-state index contributed by atoms with van der Waals surface area (Å²) in [6.45, 7) is 5.21. The highest BCUT2D eigenvalue weighted by Gasteiger charge is 2.20. The molecule has 0 saturated carbocycles. The summed E-state index contributed by atoms with van der Waals surface area (Å²) in [7, 11) is 5.01. The van der Waals surface area contributed by atoms with Crippen molar-refractivity contribution in [1.29, 1.82) is 0 Å². The Kier molecular flexibility index (Phi) is 5.64. The van der Waals surface area contributed by atoms with Crippen LogP contribution in [0.15, 0.2) is 4.99 Å². The number of aliphatic imine (C=N–C) groups is 1. The average molecular weight is 243 g/mol. The summed E-state index contributed by atoms with van der Waals surface area (Å²) in [5.74, 6) is -0.396. The van der Waals surface area contributed by atoms with Gasteiger partial charge in [-0.2, -0.15) is 0 Å². The maximum atomic E-state index is 11.5. The number of hydrogen-bond acceptors (Lipinski definition) is 3. The van der Waals surface area contributed by atoms with Crippen molar-refractivity contribution in [3.63, 3.8) is 0 Å². The zero-order chi connectivity index (χ0) is 13.6. The molecule has 6 nitrogen and oxygen atoms in total. The Morgan fingerprint density at radius 3 is 2.18 bits per heavy atom. The van der Waals surface area contributed by atoms with Crippen molar-refractivity contribution in [2.75, 3.05) is 27.7 Å². The van der Waals surface area contributed by atoms with Crippen LogP contribution in [0.1, 0.15) is 20.8 Å². The van der Waals surface area contributed by atoms with Crippen molar-refractivity contribution in [2.24, 2.45) is 4.99 Å². The van der Waals surface area contributed by atoms with Crippen LogP contribution in [0.2, 0.25) is 0 Å². The molecule has 0 heterocycles. The van der Waals surface area contributed by atoms with Gasteiger partial charge in [0, 0.05) is 21.1 Å². The van der Waals surface area contributed by atoms with Gasteiger partial charge in [0.2, 0.25) is 0 Å². The number of carbonyl (C=O) groups excluding carboxylic acids is 2. The molecule has 0 aliphatic heterocycles. The van der Waals surface area contributed by atoms with Crippen LogP contribution in [-0.2, 0) is 9.53 Å². The summed E-state index contributed by atoms with van der Waals surface area (Å²) in [6, 6.07) is 0. The molecule has 0 aliphatic carbocycles. The van der Waals surface area contributed by atoms with Gasteiger partial charge >= 0.3 is 6.09 Å². The molecule has 0 unspecified atom stereocenters. The summed E-state index contributed by atoms with van der Waals surface area (Å²) < 4.78 is 5.10. The lowest BCUT2D eigenvalue weighted by Gasteiger charge is -2.23. The molecule has 0 fully saturated rings. The monoisotopic (exact) mass is 243 g/mol. The number of nitrogens with zero attached hydrogens (tertiary/aromatic N) is 3. The molecule has 0 aromatic carbocycles. The standard InChI is InChI=1S/C11H21N3O3/c1-11(2,3)17-10(16)14(6)7-9(15)12-8-13(4)5/h8H,7H2,1-6H3/b12-8+. The van der Waals surface area contributed by atoms with E-state index in [4.69, 9.17) is 4.74 Å². The molecule has 0 rings (SSSR count). The minimum absolute atomic E-state index is 0.0980. The van der Waals surface area contributed by atoms with E-state index in [9.17, 15) is 9.59 Å². The van der Waals surface area contributed by atoms with Crippen molar-refractivity contribution in [1.82, 2.24) is 9.80 Å². The fourth-order valence-electron chi connectivity index (χ4n) is 0.828. The van der Waals surface area contributed by atoms with Crippen LogP contribution in [-0.4, -0.2) is 61.4 Å². The third kappa shape index (κ3) is 8.24. The first-order valence-corrected chi connectivity index (χ1v) is 5.29. The Morgan fingerprint density at radius 2 is 1.76 bits per heavy atom. The predicted molar refractivity (Wildman–Crippen MR) is 66.1 cm³/mol. The van der Waals surface area contributed by atoms with E-state index < -0.39 is 17.6 Å². The van der Waals surface area contributed by atoms with E-state index in [1.807, 2.05) is 0 Å². The van der Waals surface area contributed by atoms with E-state index in [1.54, 1.807) is 39.8 Å². The molecular formula is C11H21N3O3.